The first-order valence-corrected chi connectivity index (χ1v) is 10.5. The van der Waals surface area contributed by atoms with E-state index in [1.807, 2.05) is 23.1 Å². The molecule has 2 aromatic rings. The van der Waals surface area contributed by atoms with Gasteiger partial charge in [0.25, 0.3) is 0 Å². The number of likely N-dealkylation sites (tertiary alicyclic amines) is 1. The fourth-order valence-corrected chi connectivity index (χ4v) is 4.10. The summed E-state index contributed by atoms with van der Waals surface area (Å²) in [5, 5.41) is 2.92. The predicted molar refractivity (Wildman–Crippen MR) is 102 cm³/mol. The van der Waals surface area contributed by atoms with E-state index < -0.39 is 9.84 Å². The number of sulfone groups is 1. The molecular weight excluding hydrogens is 348 g/mol. The van der Waals surface area contributed by atoms with Crippen LogP contribution in [0.1, 0.15) is 30.4 Å². The largest absolute Gasteiger partial charge is 0.334 e. The third-order valence-electron chi connectivity index (χ3n) is 4.85. The lowest BCUT2D eigenvalue weighted by Gasteiger charge is -2.17. The predicted octanol–water partition coefficient (Wildman–Crippen LogP) is 3.18. The second kappa shape index (κ2) is 7.91. The maximum atomic E-state index is 12.4. The maximum Gasteiger partial charge on any atom is 0.317 e. The van der Waals surface area contributed by atoms with Crippen molar-refractivity contribution in [3.63, 3.8) is 0 Å². The lowest BCUT2D eigenvalue weighted by Crippen LogP contribution is -2.37. The van der Waals surface area contributed by atoms with E-state index in [1.54, 1.807) is 31.2 Å². The van der Waals surface area contributed by atoms with E-state index in [4.69, 9.17) is 0 Å². The van der Waals surface area contributed by atoms with E-state index in [0.29, 0.717) is 17.4 Å². The molecule has 6 heteroatoms. The van der Waals surface area contributed by atoms with Crippen molar-refractivity contribution in [3.8, 4) is 0 Å². The number of benzene rings is 2. The van der Waals surface area contributed by atoms with Gasteiger partial charge in [-0.15, -0.1) is 0 Å². The van der Waals surface area contributed by atoms with Gasteiger partial charge in [0.15, 0.2) is 9.84 Å². The zero-order valence-electron chi connectivity index (χ0n) is 14.9. The number of urea groups is 1. The number of carbonyl (C=O) groups is 1. The van der Waals surface area contributed by atoms with Crippen molar-refractivity contribution in [3.05, 3.63) is 65.7 Å². The third-order valence-corrected chi connectivity index (χ3v) is 6.60. The van der Waals surface area contributed by atoms with Crippen molar-refractivity contribution in [1.82, 2.24) is 10.2 Å². The standard InChI is InChI=1S/C20H24N2O3S/c1-2-26(24,25)19-10-8-16(9-11-19)14-21-20(23)22-13-12-18(15-22)17-6-4-3-5-7-17/h3-11,18H,2,12-15H2,1H3,(H,21,23)/t18-/m1/s1. The van der Waals surface area contributed by atoms with Crippen molar-refractivity contribution in [2.75, 3.05) is 18.8 Å². The Hall–Kier alpha value is -2.34. The zero-order chi connectivity index (χ0) is 18.6. The van der Waals surface area contributed by atoms with Gasteiger partial charge in [-0.1, -0.05) is 49.4 Å². The summed E-state index contributed by atoms with van der Waals surface area (Å²) < 4.78 is 23.6. The molecular formula is C20H24N2O3S. The molecule has 0 bridgehead atoms. The van der Waals surface area contributed by atoms with Crippen LogP contribution in [-0.2, 0) is 16.4 Å². The quantitative estimate of drug-likeness (QED) is 0.877. The molecule has 1 aliphatic heterocycles. The van der Waals surface area contributed by atoms with Crippen LogP contribution in [0.25, 0.3) is 0 Å². The molecule has 0 saturated carbocycles. The minimum atomic E-state index is -3.19. The summed E-state index contributed by atoms with van der Waals surface area (Å²) in [7, 11) is -3.19. The van der Waals surface area contributed by atoms with Crippen molar-refractivity contribution in [1.29, 1.82) is 0 Å². The molecule has 26 heavy (non-hydrogen) atoms. The highest BCUT2D eigenvalue weighted by molar-refractivity contribution is 7.91. The number of hydrogen-bond donors (Lipinski definition) is 1. The summed E-state index contributed by atoms with van der Waals surface area (Å²) >= 11 is 0. The monoisotopic (exact) mass is 372 g/mol. The van der Waals surface area contributed by atoms with Gasteiger partial charge in [0.2, 0.25) is 0 Å². The van der Waals surface area contributed by atoms with Gasteiger partial charge in [-0.2, -0.15) is 0 Å². The Balaban J connectivity index is 1.53. The van der Waals surface area contributed by atoms with Crippen molar-refractivity contribution in [2.24, 2.45) is 0 Å². The average Bonchev–Trinajstić information content (AvgIpc) is 3.17. The minimum absolute atomic E-state index is 0.0753. The highest BCUT2D eigenvalue weighted by Crippen LogP contribution is 2.26. The summed E-state index contributed by atoms with van der Waals surface area (Å²) in [6.07, 6.45) is 0.973. The molecule has 1 atom stereocenters. The van der Waals surface area contributed by atoms with Crippen LogP contribution in [0, 0.1) is 0 Å². The smallest absolute Gasteiger partial charge is 0.317 e. The maximum absolute atomic E-state index is 12.4. The molecule has 138 valence electrons. The molecule has 0 unspecified atom stereocenters. The number of nitrogens with one attached hydrogen (secondary N) is 1. The van der Waals surface area contributed by atoms with Crippen LogP contribution in [0.15, 0.2) is 59.5 Å². The minimum Gasteiger partial charge on any atom is -0.334 e. The van der Waals surface area contributed by atoms with Crippen LogP contribution in [0.3, 0.4) is 0 Å². The van der Waals surface area contributed by atoms with Crippen LogP contribution < -0.4 is 5.32 Å². The van der Waals surface area contributed by atoms with Crippen LogP contribution >= 0.6 is 0 Å². The van der Waals surface area contributed by atoms with Gasteiger partial charge < -0.3 is 10.2 Å². The van der Waals surface area contributed by atoms with Crippen molar-refractivity contribution >= 4 is 15.9 Å². The first-order chi connectivity index (χ1) is 12.5. The lowest BCUT2D eigenvalue weighted by atomic mass is 9.99. The molecule has 1 aliphatic rings. The summed E-state index contributed by atoms with van der Waals surface area (Å²) in [6, 6.07) is 16.9. The Labute approximate surface area is 154 Å². The lowest BCUT2D eigenvalue weighted by molar-refractivity contribution is 0.208. The van der Waals surface area contributed by atoms with Gasteiger partial charge >= 0.3 is 6.03 Å². The first kappa shape index (κ1) is 18.5. The van der Waals surface area contributed by atoms with Crippen molar-refractivity contribution < 1.29 is 13.2 Å². The van der Waals surface area contributed by atoms with Crippen LogP contribution in [0.4, 0.5) is 4.79 Å². The van der Waals surface area contributed by atoms with E-state index in [1.165, 1.54) is 5.56 Å². The fraction of sp³-hybridized carbons (Fsp3) is 0.350. The Morgan fingerprint density at radius 1 is 1.12 bits per heavy atom. The van der Waals surface area contributed by atoms with E-state index in [-0.39, 0.29) is 11.8 Å². The second-order valence-electron chi connectivity index (χ2n) is 6.55. The molecule has 1 saturated heterocycles. The molecule has 0 aliphatic carbocycles. The Bertz CT molecular complexity index is 848. The van der Waals surface area contributed by atoms with Crippen LogP contribution in [0.2, 0.25) is 0 Å². The van der Waals surface area contributed by atoms with Crippen LogP contribution in [0.5, 0.6) is 0 Å². The Morgan fingerprint density at radius 3 is 2.46 bits per heavy atom. The topological polar surface area (TPSA) is 66.5 Å². The number of amides is 2. The summed E-state index contributed by atoms with van der Waals surface area (Å²) in [6.45, 7) is 3.49. The van der Waals surface area contributed by atoms with E-state index in [0.717, 1.165) is 25.1 Å². The number of hydrogen-bond acceptors (Lipinski definition) is 3. The third kappa shape index (κ3) is 4.25. The average molecular weight is 372 g/mol. The van der Waals surface area contributed by atoms with E-state index in [9.17, 15) is 13.2 Å². The van der Waals surface area contributed by atoms with Gasteiger partial charge in [0.05, 0.1) is 10.6 Å². The molecule has 0 aromatic heterocycles. The molecule has 3 rings (SSSR count). The van der Waals surface area contributed by atoms with Gasteiger partial charge in [-0.05, 0) is 29.7 Å². The second-order valence-corrected chi connectivity index (χ2v) is 8.83. The number of nitrogens with zero attached hydrogens (tertiary/aromatic N) is 1. The molecule has 2 amide bonds. The number of rotatable bonds is 5. The SMILES string of the molecule is CCS(=O)(=O)c1ccc(CNC(=O)N2CC[C@@H](c3ccccc3)C2)cc1. The molecule has 2 aromatic carbocycles. The van der Waals surface area contributed by atoms with E-state index >= 15 is 0 Å². The highest BCUT2D eigenvalue weighted by Gasteiger charge is 2.26. The zero-order valence-corrected chi connectivity index (χ0v) is 15.7. The van der Waals surface area contributed by atoms with Crippen molar-refractivity contribution in [2.45, 2.75) is 30.7 Å². The van der Waals surface area contributed by atoms with Gasteiger partial charge in [0.1, 0.15) is 0 Å². The normalized spacial score (nSPS) is 17.3. The highest BCUT2D eigenvalue weighted by atomic mass is 32.2. The molecule has 1 heterocycles. The van der Waals surface area contributed by atoms with Gasteiger partial charge in [0, 0.05) is 25.6 Å². The Morgan fingerprint density at radius 2 is 1.81 bits per heavy atom. The number of carbonyl (C=O) groups excluding carboxylic acids is 1. The fourth-order valence-electron chi connectivity index (χ4n) is 3.21. The molecule has 1 N–H and O–H groups in total. The summed E-state index contributed by atoms with van der Waals surface area (Å²) in [4.78, 5) is 14.5. The molecule has 5 nitrogen and oxygen atoms in total. The summed E-state index contributed by atoms with van der Waals surface area (Å²) in [5.41, 5.74) is 2.16. The molecule has 0 spiro atoms. The first-order valence-electron chi connectivity index (χ1n) is 8.89. The van der Waals surface area contributed by atoms with Gasteiger partial charge in [-0.3, -0.25) is 0 Å². The Kier molecular flexibility index (Phi) is 5.61. The van der Waals surface area contributed by atoms with Gasteiger partial charge in [-0.25, -0.2) is 13.2 Å². The van der Waals surface area contributed by atoms with Crippen LogP contribution in [-0.4, -0.2) is 38.2 Å². The van der Waals surface area contributed by atoms with E-state index in [2.05, 4.69) is 17.4 Å². The molecule has 1 fully saturated rings. The summed E-state index contributed by atoms with van der Waals surface area (Å²) in [5.74, 6) is 0.473. The molecule has 0 radical (unpaired) electrons.